The van der Waals surface area contributed by atoms with E-state index in [4.69, 9.17) is 9.84 Å². The summed E-state index contributed by atoms with van der Waals surface area (Å²) >= 11 is 3.40. The molecule has 94 valence electrons. The Hall–Kier alpha value is -1.03. The van der Waals surface area contributed by atoms with Crippen LogP contribution in [0.5, 0.6) is 5.75 Å². The fourth-order valence-corrected chi connectivity index (χ4v) is 1.78. The van der Waals surface area contributed by atoms with Gasteiger partial charge in [0.2, 0.25) is 0 Å². The van der Waals surface area contributed by atoms with Crippen LogP contribution in [0.4, 0.5) is 0 Å². The van der Waals surface area contributed by atoms with E-state index in [0.717, 1.165) is 4.47 Å². The molecule has 0 saturated heterocycles. The third-order valence-corrected chi connectivity index (χ3v) is 3.07. The third kappa shape index (κ3) is 3.73. The lowest BCUT2D eigenvalue weighted by Gasteiger charge is -2.20. The Kier molecular flexibility index (Phi) is 4.20. The fourth-order valence-electron chi connectivity index (χ4n) is 1.30. The highest BCUT2D eigenvalue weighted by Crippen LogP contribution is 2.31. The molecular weight excluding hydrogens is 284 g/mol. The number of halogens is 1. The Bertz CT molecular complexity index is 421. The summed E-state index contributed by atoms with van der Waals surface area (Å²) in [5.74, 6) is -0.426. The number of aliphatic carboxylic acids is 1. The summed E-state index contributed by atoms with van der Waals surface area (Å²) in [4.78, 5) is 10.7. The van der Waals surface area contributed by atoms with E-state index in [1.807, 2.05) is 12.1 Å². The number of carbonyl (C=O) groups is 1. The van der Waals surface area contributed by atoms with Crippen molar-refractivity contribution in [3.63, 3.8) is 0 Å². The molecule has 4 heteroatoms. The molecule has 0 aromatic heterocycles. The molecule has 0 spiro atoms. The molecule has 0 fully saturated rings. The minimum atomic E-state index is -0.975. The van der Waals surface area contributed by atoms with Crippen LogP contribution >= 0.6 is 15.9 Å². The lowest BCUT2D eigenvalue weighted by atomic mass is 9.87. The number of rotatable bonds is 3. The lowest BCUT2D eigenvalue weighted by molar-refractivity contribution is -0.144. The summed E-state index contributed by atoms with van der Waals surface area (Å²) in [6.45, 7) is 7.87. The van der Waals surface area contributed by atoms with Crippen LogP contribution in [-0.2, 0) is 10.2 Å². The zero-order valence-corrected chi connectivity index (χ0v) is 12.0. The van der Waals surface area contributed by atoms with Crippen molar-refractivity contribution in [2.24, 2.45) is 0 Å². The molecule has 17 heavy (non-hydrogen) atoms. The molecule has 0 amide bonds. The van der Waals surface area contributed by atoms with Gasteiger partial charge in [0.1, 0.15) is 5.75 Å². The smallest absolute Gasteiger partial charge is 0.344 e. The van der Waals surface area contributed by atoms with Crippen LogP contribution in [0.15, 0.2) is 22.7 Å². The first-order chi connectivity index (χ1) is 7.71. The van der Waals surface area contributed by atoms with Gasteiger partial charge in [-0.2, -0.15) is 0 Å². The van der Waals surface area contributed by atoms with Crippen LogP contribution in [0.3, 0.4) is 0 Å². The third-order valence-electron chi connectivity index (χ3n) is 2.45. The van der Waals surface area contributed by atoms with E-state index in [1.54, 1.807) is 6.07 Å². The summed E-state index contributed by atoms with van der Waals surface area (Å²) < 4.78 is 6.10. The van der Waals surface area contributed by atoms with Gasteiger partial charge in [0, 0.05) is 0 Å². The van der Waals surface area contributed by atoms with E-state index in [-0.39, 0.29) is 5.41 Å². The first kappa shape index (κ1) is 14.0. The minimum Gasteiger partial charge on any atom is -0.479 e. The molecular formula is C13H17BrO3. The Morgan fingerprint density at radius 2 is 2.00 bits per heavy atom. The second kappa shape index (κ2) is 5.08. The predicted octanol–water partition coefficient (Wildman–Crippen LogP) is 3.60. The molecule has 0 aliphatic rings. The van der Waals surface area contributed by atoms with Gasteiger partial charge >= 0.3 is 5.97 Å². The maximum absolute atomic E-state index is 10.7. The van der Waals surface area contributed by atoms with Crippen molar-refractivity contribution in [3.05, 3.63) is 28.2 Å². The van der Waals surface area contributed by atoms with Crippen molar-refractivity contribution in [1.29, 1.82) is 0 Å². The van der Waals surface area contributed by atoms with E-state index in [0.29, 0.717) is 5.75 Å². The second-order valence-corrected chi connectivity index (χ2v) is 5.85. The van der Waals surface area contributed by atoms with Crippen molar-refractivity contribution in [2.45, 2.75) is 39.2 Å². The van der Waals surface area contributed by atoms with Gasteiger partial charge in [-0.25, -0.2) is 4.79 Å². The zero-order chi connectivity index (χ0) is 13.2. The summed E-state index contributed by atoms with van der Waals surface area (Å²) in [5, 5.41) is 8.78. The van der Waals surface area contributed by atoms with Gasteiger partial charge in [-0.05, 0) is 46.0 Å². The maximum atomic E-state index is 10.7. The highest BCUT2D eigenvalue weighted by atomic mass is 79.9. The highest BCUT2D eigenvalue weighted by molar-refractivity contribution is 9.10. The van der Waals surface area contributed by atoms with Crippen LogP contribution in [0.1, 0.15) is 33.3 Å². The van der Waals surface area contributed by atoms with Gasteiger partial charge in [0.25, 0.3) is 0 Å². The van der Waals surface area contributed by atoms with Gasteiger partial charge < -0.3 is 9.84 Å². The SMILES string of the molecule is CC(Oc1ccc(C(C)(C)C)cc1Br)C(=O)O. The van der Waals surface area contributed by atoms with Crippen molar-refractivity contribution >= 4 is 21.9 Å². The van der Waals surface area contributed by atoms with Crippen molar-refractivity contribution < 1.29 is 14.6 Å². The van der Waals surface area contributed by atoms with Crippen molar-refractivity contribution in [1.82, 2.24) is 0 Å². The number of hydrogen-bond acceptors (Lipinski definition) is 2. The fraction of sp³-hybridized carbons (Fsp3) is 0.462. The molecule has 0 heterocycles. The summed E-state index contributed by atoms with van der Waals surface area (Å²) in [7, 11) is 0. The number of carboxylic acids is 1. The molecule has 1 aromatic rings. The second-order valence-electron chi connectivity index (χ2n) is 4.99. The van der Waals surface area contributed by atoms with Crippen LogP contribution in [-0.4, -0.2) is 17.2 Å². The van der Waals surface area contributed by atoms with E-state index in [2.05, 4.69) is 36.7 Å². The predicted molar refractivity (Wildman–Crippen MR) is 70.6 cm³/mol. The molecule has 0 radical (unpaired) electrons. The van der Waals surface area contributed by atoms with E-state index in [1.165, 1.54) is 12.5 Å². The summed E-state index contributed by atoms with van der Waals surface area (Å²) in [5.41, 5.74) is 1.22. The monoisotopic (exact) mass is 300 g/mol. The van der Waals surface area contributed by atoms with E-state index >= 15 is 0 Å². The number of ether oxygens (including phenoxy) is 1. The Balaban J connectivity index is 2.95. The maximum Gasteiger partial charge on any atom is 0.344 e. The number of hydrogen-bond donors (Lipinski definition) is 1. The largest absolute Gasteiger partial charge is 0.479 e. The normalized spacial score (nSPS) is 13.2. The highest BCUT2D eigenvalue weighted by Gasteiger charge is 2.18. The van der Waals surface area contributed by atoms with E-state index in [9.17, 15) is 4.79 Å². The molecule has 1 N–H and O–H groups in total. The molecule has 1 unspecified atom stereocenters. The van der Waals surface area contributed by atoms with Gasteiger partial charge in [-0.3, -0.25) is 0 Å². The minimum absolute atomic E-state index is 0.0550. The Morgan fingerprint density at radius 1 is 1.41 bits per heavy atom. The quantitative estimate of drug-likeness (QED) is 0.928. The van der Waals surface area contributed by atoms with Crippen LogP contribution < -0.4 is 4.74 Å². The van der Waals surface area contributed by atoms with Crippen LogP contribution in [0, 0.1) is 0 Å². The molecule has 0 aliphatic carbocycles. The number of carboxylic acid groups (broad SMARTS) is 1. The summed E-state index contributed by atoms with van der Waals surface area (Å²) in [6, 6.07) is 5.71. The average Bonchev–Trinajstić information content (AvgIpc) is 2.19. The molecule has 1 aromatic carbocycles. The van der Waals surface area contributed by atoms with Crippen molar-refractivity contribution in [3.8, 4) is 5.75 Å². The molecule has 0 aliphatic heterocycles. The molecule has 1 atom stereocenters. The van der Waals surface area contributed by atoms with Crippen LogP contribution in [0.25, 0.3) is 0 Å². The average molecular weight is 301 g/mol. The van der Waals surface area contributed by atoms with E-state index < -0.39 is 12.1 Å². The number of benzene rings is 1. The van der Waals surface area contributed by atoms with Gasteiger partial charge in [-0.15, -0.1) is 0 Å². The topological polar surface area (TPSA) is 46.5 Å². The van der Waals surface area contributed by atoms with Gasteiger partial charge in [0.15, 0.2) is 6.10 Å². The summed E-state index contributed by atoms with van der Waals surface area (Å²) in [6.07, 6.45) is -0.855. The van der Waals surface area contributed by atoms with Gasteiger partial charge in [-0.1, -0.05) is 26.8 Å². The van der Waals surface area contributed by atoms with Gasteiger partial charge in [0.05, 0.1) is 4.47 Å². The van der Waals surface area contributed by atoms with Crippen molar-refractivity contribution in [2.75, 3.05) is 0 Å². The first-order valence-corrected chi connectivity index (χ1v) is 6.20. The standard InChI is InChI=1S/C13H17BrO3/c1-8(12(15)16)17-11-6-5-9(7-10(11)14)13(2,3)4/h5-8H,1-4H3,(H,15,16). The molecule has 3 nitrogen and oxygen atoms in total. The zero-order valence-electron chi connectivity index (χ0n) is 10.5. The Morgan fingerprint density at radius 3 is 2.41 bits per heavy atom. The van der Waals surface area contributed by atoms with Crippen LogP contribution in [0.2, 0.25) is 0 Å². The first-order valence-electron chi connectivity index (χ1n) is 5.41. The molecule has 0 saturated carbocycles. The molecule has 1 rings (SSSR count). The Labute approximate surface area is 110 Å². The molecule has 0 bridgehead atoms. The lowest BCUT2D eigenvalue weighted by Crippen LogP contribution is -2.23.